The Kier molecular flexibility index (Phi) is 12.1. The van der Waals surface area contributed by atoms with E-state index < -0.39 is 41.9 Å². The Balaban J connectivity index is 1.57. The number of benzene rings is 3. The highest BCUT2D eigenvalue weighted by Gasteiger charge is 2.26. The molecule has 1 unspecified atom stereocenters. The molecule has 0 radical (unpaired) electrons. The Bertz CT molecular complexity index is 1370. The summed E-state index contributed by atoms with van der Waals surface area (Å²) in [4.78, 5) is 51.0. The fourth-order valence-corrected chi connectivity index (χ4v) is 4.22. The lowest BCUT2D eigenvalue weighted by Crippen LogP contribution is -2.54. The van der Waals surface area contributed by atoms with Crippen molar-refractivity contribution in [2.75, 3.05) is 19.0 Å². The van der Waals surface area contributed by atoms with E-state index in [2.05, 4.69) is 21.3 Å². The summed E-state index contributed by atoms with van der Waals surface area (Å²) in [5, 5.41) is 12.4. The van der Waals surface area contributed by atoms with Crippen molar-refractivity contribution in [1.82, 2.24) is 16.0 Å². The summed E-state index contributed by atoms with van der Waals surface area (Å²) in [7, 11) is 1.56. The topological polar surface area (TPSA) is 161 Å². The second kappa shape index (κ2) is 16.0. The van der Waals surface area contributed by atoms with Crippen molar-refractivity contribution in [3.05, 3.63) is 72.3 Å². The van der Waals surface area contributed by atoms with Gasteiger partial charge in [0.15, 0.2) is 0 Å². The zero-order valence-corrected chi connectivity index (χ0v) is 24.1. The van der Waals surface area contributed by atoms with Gasteiger partial charge in [0.2, 0.25) is 17.7 Å². The van der Waals surface area contributed by atoms with E-state index in [0.717, 1.165) is 16.3 Å². The van der Waals surface area contributed by atoms with Gasteiger partial charge in [0.05, 0.1) is 7.11 Å². The van der Waals surface area contributed by atoms with E-state index >= 15 is 0 Å². The third-order valence-electron chi connectivity index (χ3n) is 6.58. The number of hydrogen-bond donors (Lipinski definition) is 5. The van der Waals surface area contributed by atoms with Gasteiger partial charge < -0.3 is 36.5 Å². The van der Waals surface area contributed by atoms with E-state index in [4.69, 9.17) is 15.2 Å². The van der Waals surface area contributed by atoms with Gasteiger partial charge in [0.1, 0.15) is 30.5 Å². The second-order valence-electron chi connectivity index (χ2n) is 9.89. The molecule has 0 saturated carbocycles. The lowest BCUT2D eigenvalue weighted by Gasteiger charge is -2.22. The third kappa shape index (κ3) is 9.48. The van der Waals surface area contributed by atoms with Crippen molar-refractivity contribution in [2.45, 2.75) is 57.8 Å². The van der Waals surface area contributed by atoms with Crippen LogP contribution in [-0.4, -0.2) is 55.6 Å². The molecule has 0 aliphatic heterocycles. The third-order valence-corrected chi connectivity index (χ3v) is 6.58. The highest BCUT2D eigenvalue weighted by molar-refractivity contribution is 6.01. The van der Waals surface area contributed by atoms with Crippen LogP contribution in [0.15, 0.2) is 66.7 Å². The molecule has 0 saturated heterocycles. The molecule has 0 fully saturated rings. The van der Waals surface area contributed by atoms with Crippen LogP contribution in [0.5, 0.6) is 5.75 Å². The number of amides is 4. The number of carbonyl (C=O) groups excluding carboxylic acids is 4. The first-order chi connectivity index (χ1) is 20.2. The summed E-state index contributed by atoms with van der Waals surface area (Å²) in [6, 6.07) is 17.5. The van der Waals surface area contributed by atoms with E-state index in [1.807, 2.05) is 60.7 Å². The Hall–Kier alpha value is -4.64. The zero-order chi connectivity index (χ0) is 30.5. The van der Waals surface area contributed by atoms with Crippen molar-refractivity contribution in [1.29, 1.82) is 0 Å². The Labute approximate surface area is 245 Å². The molecule has 11 heteroatoms. The molecular formula is C31H39N5O6. The molecule has 0 heterocycles. The smallest absolute Gasteiger partial charge is 0.408 e. The largest absolute Gasteiger partial charge is 0.496 e. The van der Waals surface area contributed by atoms with Gasteiger partial charge in [-0.3, -0.25) is 14.4 Å². The number of alkyl carbamates (subject to hydrolysis) is 1. The van der Waals surface area contributed by atoms with Crippen LogP contribution in [0, 0.1) is 0 Å². The number of rotatable bonds is 14. The molecule has 11 nitrogen and oxygen atoms in total. The molecule has 3 aromatic carbocycles. The standard InChI is InChI=1S/C31H39N5O6/c1-20(33-28(37)21(2)34-31(40)42-19-22-11-5-4-6-12-22)29(38)36-26(15-9-10-16-32)30(39)35-24-17-23-13-7-8-14-25(23)27(18-24)41-3/h4-8,11-14,17-18,20-21,26H,9-10,15-16,19,32H2,1-3H3,(H,33,37)(H,34,40)(H,35,39)(H,36,38)/t20?,21-,26-/m0/s1. The maximum absolute atomic E-state index is 13.3. The average molecular weight is 578 g/mol. The Morgan fingerprint density at radius 1 is 0.810 bits per heavy atom. The first-order valence-corrected chi connectivity index (χ1v) is 13.9. The molecule has 0 spiro atoms. The van der Waals surface area contributed by atoms with Gasteiger partial charge in [-0.15, -0.1) is 0 Å². The predicted molar refractivity (Wildman–Crippen MR) is 161 cm³/mol. The minimum Gasteiger partial charge on any atom is -0.496 e. The van der Waals surface area contributed by atoms with Crippen molar-refractivity contribution in [3.8, 4) is 5.75 Å². The fraction of sp³-hybridized carbons (Fsp3) is 0.355. The maximum Gasteiger partial charge on any atom is 0.408 e. The minimum absolute atomic E-state index is 0.0550. The summed E-state index contributed by atoms with van der Waals surface area (Å²) >= 11 is 0. The molecule has 3 atom stereocenters. The first-order valence-electron chi connectivity index (χ1n) is 13.9. The van der Waals surface area contributed by atoms with Crippen LogP contribution in [0.3, 0.4) is 0 Å². The van der Waals surface area contributed by atoms with Gasteiger partial charge in [-0.2, -0.15) is 0 Å². The molecule has 0 bridgehead atoms. The molecule has 3 aromatic rings. The highest BCUT2D eigenvalue weighted by Crippen LogP contribution is 2.29. The van der Waals surface area contributed by atoms with Crippen LogP contribution in [0.4, 0.5) is 10.5 Å². The number of anilines is 1. The minimum atomic E-state index is -0.979. The number of unbranched alkanes of at least 4 members (excludes halogenated alkanes) is 1. The number of nitrogens with one attached hydrogen (secondary N) is 4. The van der Waals surface area contributed by atoms with Gasteiger partial charge in [0, 0.05) is 17.1 Å². The summed E-state index contributed by atoms with van der Waals surface area (Å²) in [5.74, 6) is -0.935. The molecular weight excluding hydrogens is 538 g/mol. The lowest BCUT2D eigenvalue weighted by molar-refractivity contribution is -0.131. The Morgan fingerprint density at radius 2 is 1.48 bits per heavy atom. The van der Waals surface area contributed by atoms with E-state index in [-0.39, 0.29) is 6.61 Å². The van der Waals surface area contributed by atoms with Crippen molar-refractivity contribution in [3.63, 3.8) is 0 Å². The van der Waals surface area contributed by atoms with Gasteiger partial charge in [-0.25, -0.2) is 4.79 Å². The zero-order valence-electron chi connectivity index (χ0n) is 24.1. The van der Waals surface area contributed by atoms with E-state index in [1.54, 1.807) is 13.2 Å². The molecule has 3 rings (SSSR count). The van der Waals surface area contributed by atoms with Crippen LogP contribution in [0.25, 0.3) is 10.8 Å². The molecule has 0 aliphatic rings. The molecule has 0 aromatic heterocycles. The van der Waals surface area contributed by atoms with Gasteiger partial charge in [-0.05, 0) is 56.7 Å². The second-order valence-corrected chi connectivity index (χ2v) is 9.89. The molecule has 0 aliphatic carbocycles. The monoisotopic (exact) mass is 577 g/mol. The number of nitrogens with two attached hydrogens (primary N) is 1. The average Bonchev–Trinajstić information content (AvgIpc) is 2.99. The number of carbonyl (C=O) groups is 4. The number of methoxy groups -OCH3 is 1. The Morgan fingerprint density at radius 3 is 2.19 bits per heavy atom. The first kappa shape index (κ1) is 31.9. The normalized spacial score (nSPS) is 12.9. The highest BCUT2D eigenvalue weighted by atomic mass is 16.5. The maximum atomic E-state index is 13.3. The SMILES string of the molecule is COc1cc(NC(=O)[C@H](CCCCN)NC(=O)C(C)NC(=O)[C@H](C)NC(=O)OCc2ccccc2)cc2ccccc12. The van der Waals surface area contributed by atoms with Gasteiger partial charge in [-0.1, -0.05) is 54.6 Å². The predicted octanol–water partition coefficient (Wildman–Crippen LogP) is 3.22. The van der Waals surface area contributed by atoms with Crippen molar-refractivity contribution < 1.29 is 28.7 Å². The van der Waals surface area contributed by atoms with E-state index in [0.29, 0.717) is 37.2 Å². The lowest BCUT2D eigenvalue weighted by atomic mass is 10.1. The fourth-order valence-electron chi connectivity index (χ4n) is 4.22. The van der Waals surface area contributed by atoms with Crippen LogP contribution in [-0.2, 0) is 25.7 Å². The number of hydrogen-bond acceptors (Lipinski definition) is 7. The number of fused-ring (bicyclic) bond motifs is 1. The van der Waals surface area contributed by atoms with Crippen molar-refractivity contribution in [2.24, 2.45) is 5.73 Å². The van der Waals surface area contributed by atoms with Gasteiger partial charge >= 0.3 is 6.09 Å². The quantitative estimate of drug-likeness (QED) is 0.184. The van der Waals surface area contributed by atoms with Crippen LogP contribution < -0.4 is 31.7 Å². The molecule has 224 valence electrons. The molecule has 4 amide bonds. The van der Waals surface area contributed by atoms with Gasteiger partial charge in [0.25, 0.3) is 0 Å². The van der Waals surface area contributed by atoms with Crippen LogP contribution in [0.2, 0.25) is 0 Å². The molecule has 42 heavy (non-hydrogen) atoms. The van der Waals surface area contributed by atoms with Crippen molar-refractivity contribution >= 4 is 40.3 Å². The van der Waals surface area contributed by atoms with E-state index in [9.17, 15) is 19.2 Å². The van der Waals surface area contributed by atoms with E-state index in [1.165, 1.54) is 13.8 Å². The summed E-state index contributed by atoms with van der Waals surface area (Å²) in [6.45, 7) is 3.48. The number of ether oxygens (including phenoxy) is 2. The summed E-state index contributed by atoms with van der Waals surface area (Å²) < 4.78 is 10.6. The summed E-state index contributed by atoms with van der Waals surface area (Å²) in [6.07, 6.45) is 0.883. The summed E-state index contributed by atoms with van der Waals surface area (Å²) in [5.41, 5.74) is 6.95. The van der Waals surface area contributed by atoms with Crippen LogP contribution >= 0.6 is 0 Å². The molecule has 6 N–H and O–H groups in total. The van der Waals surface area contributed by atoms with Crippen LogP contribution in [0.1, 0.15) is 38.7 Å².